The highest BCUT2D eigenvalue weighted by Gasteiger charge is 2.29. The van der Waals surface area contributed by atoms with Crippen molar-refractivity contribution in [2.45, 2.75) is 19.0 Å². The number of rotatable bonds is 2. The van der Waals surface area contributed by atoms with Crippen molar-refractivity contribution in [3.05, 3.63) is 35.4 Å². The topological polar surface area (TPSA) is 70.1 Å². The summed E-state index contributed by atoms with van der Waals surface area (Å²) in [7, 11) is 0. The van der Waals surface area contributed by atoms with Crippen molar-refractivity contribution in [3.63, 3.8) is 0 Å². The molecule has 16 heavy (non-hydrogen) atoms. The lowest BCUT2D eigenvalue weighted by Gasteiger charge is -2.33. The molecule has 2 N–H and O–H groups in total. The molecule has 1 aromatic carbocycles. The molecule has 0 saturated carbocycles. The van der Waals surface area contributed by atoms with E-state index in [2.05, 4.69) is 6.07 Å². The third-order valence-corrected chi connectivity index (χ3v) is 2.95. The normalized spacial score (nSPS) is 19.8. The molecule has 0 bridgehead atoms. The molecular weight excluding hydrogens is 202 g/mol. The van der Waals surface area contributed by atoms with Crippen LogP contribution in [0.4, 0.5) is 0 Å². The Hall–Kier alpha value is -1.86. The summed E-state index contributed by atoms with van der Waals surface area (Å²) < 4.78 is 0. The van der Waals surface area contributed by atoms with Crippen LogP contribution >= 0.6 is 0 Å². The van der Waals surface area contributed by atoms with Gasteiger partial charge in [0.1, 0.15) is 0 Å². The number of benzene rings is 1. The molecular formula is C12H13N3O. The second-order valence-corrected chi connectivity index (χ2v) is 3.95. The zero-order valence-electron chi connectivity index (χ0n) is 8.89. The zero-order valence-corrected chi connectivity index (χ0v) is 8.89. The van der Waals surface area contributed by atoms with Crippen LogP contribution in [0.3, 0.4) is 0 Å². The van der Waals surface area contributed by atoms with Gasteiger partial charge in [-0.05, 0) is 17.5 Å². The minimum absolute atomic E-state index is 0.238. The molecule has 1 aliphatic heterocycles. The average molecular weight is 215 g/mol. The average Bonchev–Trinajstić information content (AvgIpc) is 2.28. The van der Waals surface area contributed by atoms with Crippen molar-refractivity contribution >= 4 is 5.91 Å². The third kappa shape index (κ3) is 1.90. The third-order valence-electron chi connectivity index (χ3n) is 2.95. The van der Waals surface area contributed by atoms with Crippen molar-refractivity contribution in [2.24, 2.45) is 5.73 Å². The minimum Gasteiger partial charge on any atom is -0.368 e. The summed E-state index contributed by atoms with van der Waals surface area (Å²) in [5, 5.41) is 8.72. The van der Waals surface area contributed by atoms with Gasteiger partial charge in [0, 0.05) is 6.54 Å². The fourth-order valence-electron chi connectivity index (χ4n) is 2.11. The Bertz CT molecular complexity index is 450. The monoisotopic (exact) mass is 215 g/mol. The van der Waals surface area contributed by atoms with Crippen molar-refractivity contribution in [2.75, 3.05) is 6.54 Å². The van der Waals surface area contributed by atoms with Gasteiger partial charge in [-0.2, -0.15) is 5.26 Å². The molecule has 4 nitrogen and oxygen atoms in total. The minimum atomic E-state index is -0.357. The van der Waals surface area contributed by atoms with Crippen LogP contribution in [0.15, 0.2) is 24.3 Å². The van der Waals surface area contributed by atoms with Crippen LogP contribution in [-0.4, -0.2) is 23.4 Å². The number of fused-ring (bicyclic) bond motifs is 1. The molecule has 0 radical (unpaired) electrons. The van der Waals surface area contributed by atoms with E-state index in [9.17, 15) is 4.79 Å². The predicted molar refractivity (Wildman–Crippen MR) is 59.2 cm³/mol. The Morgan fingerprint density at radius 1 is 1.50 bits per heavy atom. The summed E-state index contributed by atoms with van der Waals surface area (Å²) in [4.78, 5) is 13.1. The highest BCUT2D eigenvalue weighted by molar-refractivity contribution is 5.80. The van der Waals surface area contributed by atoms with Gasteiger partial charge in [-0.25, -0.2) is 0 Å². The van der Waals surface area contributed by atoms with E-state index in [1.165, 1.54) is 5.56 Å². The van der Waals surface area contributed by atoms with Crippen LogP contribution in [0.5, 0.6) is 0 Å². The molecule has 4 heteroatoms. The predicted octanol–water partition coefficient (Wildman–Crippen LogP) is 0.422. The molecule has 0 aliphatic carbocycles. The Balaban J connectivity index is 2.30. The lowest BCUT2D eigenvalue weighted by molar-refractivity contribution is -0.123. The quantitative estimate of drug-likeness (QED) is 0.727. The number of hydrogen-bond acceptors (Lipinski definition) is 3. The van der Waals surface area contributed by atoms with E-state index in [-0.39, 0.29) is 18.5 Å². The van der Waals surface area contributed by atoms with Gasteiger partial charge < -0.3 is 5.73 Å². The molecule has 1 amide bonds. The molecule has 2 rings (SSSR count). The van der Waals surface area contributed by atoms with Crippen molar-refractivity contribution in [1.29, 1.82) is 5.26 Å². The maximum Gasteiger partial charge on any atom is 0.235 e. The second kappa shape index (κ2) is 4.33. The molecule has 82 valence electrons. The van der Waals surface area contributed by atoms with Gasteiger partial charge in [-0.15, -0.1) is 0 Å². The standard InChI is InChI=1S/C12H13N3O/c13-5-6-15-8-10-4-2-1-3-9(10)7-11(15)12(14)16/h1-4,11H,6-8H2,(H2,14,16)/t11-/m0/s1. The lowest BCUT2D eigenvalue weighted by Crippen LogP contribution is -2.48. The van der Waals surface area contributed by atoms with Gasteiger partial charge in [-0.1, -0.05) is 24.3 Å². The number of amides is 1. The number of nitriles is 1. The van der Waals surface area contributed by atoms with E-state index >= 15 is 0 Å². The lowest BCUT2D eigenvalue weighted by atomic mass is 9.94. The number of carbonyl (C=O) groups excluding carboxylic acids is 1. The van der Waals surface area contributed by atoms with Crippen LogP contribution < -0.4 is 5.73 Å². The van der Waals surface area contributed by atoms with Gasteiger partial charge >= 0.3 is 0 Å². The number of hydrogen-bond donors (Lipinski definition) is 1. The van der Waals surface area contributed by atoms with E-state index in [0.29, 0.717) is 13.0 Å². The summed E-state index contributed by atoms with van der Waals surface area (Å²) in [6.45, 7) is 0.860. The molecule has 0 unspecified atom stereocenters. The number of nitrogens with zero attached hydrogens (tertiary/aromatic N) is 2. The summed E-state index contributed by atoms with van der Waals surface area (Å²) in [5.74, 6) is -0.357. The van der Waals surface area contributed by atoms with Crippen molar-refractivity contribution in [1.82, 2.24) is 4.90 Å². The maximum atomic E-state index is 11.3. The summed E-state index contributed by atoms with van der Waals surface area (Å²) in [6, 6.07) is 9.67. The Labute approximate surface area is 94.3 Å². The molecule has 0 spiro atoms. The van der Waals surface area contributed by atoms with Crippen LogP contribution in [0.2, 0.25) is 0 Å². The summed E-state index contributed by atoms with van der Waals surface area (Å²) >= 11 is 0. The number of primary amides is 1. The fourth-order valence-corrected chi connectivity index (χ4v) is 2.11. The highest BCUT2D eigenvalue weighted by Crippen LogP contribution is 2.22. The smallest absolute Gasteiger partial charge is 0.235 e. The van der Waals surface area contributed by atoms with E-state index in [4.69, 9.17) is 11.0 Å². The van der Waals surface area contributed by atoms with Gasteiger partial charge in [-0.3, -0.25) is 9.69 Å². The molecule has 1 atom stereocenters. The van der Waals surface area contributed by atoms with Crippen molar-refractivity contribution in [3.8, 4) is 6.07 Å². The van der Waals surface area contributed by atoms with Crippen LogP contribution in [-0.2, 0) is 17.8 Å². The number of carbonyl (C=O) groups is 1. The molecule has 0 aromatic heterocycles. The first-order valence-corrected chi connectivity index (χ1v) is 5.19. The van der Waals surface area contributed by atoms with Crippen LogP contribution in [0.1, 0.15) is 11.1 Å². The van der Waals surface area contributed by atoms with Crippen molar-refractivity contribution < 1.29 is 4.79 Å². The Kier molecular flexibility index (Phi) is 2.88. The number of nitrogens with two attached hydrogens (primary N) is 1. The van der Waals surface area contributed by atoms with E-state index in [0.717, 1.165) is 5.56 Å². The first-order chi connectivity index (χ1) is 7.72. The summed E-state index contributed by atoms with van der Waals surface area (Å²) in [5.41, 5.74) is 7.68. The van der Waals surface area contributed by atoms with Gasteiger partial charge in [0.05, 0.1) is 18.7 Å². The van der Waals surface area contributed by atoms with E-state index < -0.39 is 0 Å². The Morgan fingerprint density at radius 3 is 2.81 bits per heavy atom. The molecule has 1 aliphatic rings. The van der Waals surface area contributed by atoms with Gasteiger partial charge in [0.15, 0.2) is 0 Å². The first-order valence-electron chi connectivity index (χ1n) is 5.19. The molecule has 1 aromatic rings. The molecule has 1 heterocycles. The first kappa shape index (κ1) is 10.7. The highest BCUT2D eigenvalue weighted by atomic mass is 16.1. The van der Waals surface area contributed by atoms with Gasteiger partial charge in [0.25, 0.3) is 0 Å². The van der Waals surface area contributed by atoms with E-state index in [1.54, 1.807) is 0 Å². The van der Waals surface area contributed by atoms with Crippen LogP contribution in [0, 0.1) is 11.3 Å². The molecule has 0 saturated heterocycles. The largest absolute Gasteiger partial charge is 0.368 e. The van der Waals surface area contributed by atoms with Gasteiger partial charge in [0.2, 0.25) is 5.91 Å². The van der Waals surface area contributed by atoms with Crippen LogP contribution in [0.25, 0.3) is 0 Å². The second-order valence-electron chi connectivity index (χ2n) is 3.95. The maximum absolute atomic E-state index is 11.3. The van der Waals surface area contributed by atoms with E-state index in [1.807, 2.05) is 29.2 Å². The fraction of sp³-hybridized carbons (Fsp3) is 0.333. The summed E-state index contributed by atoms with van der Waals surface area (Å²) in [6.07, 6.45) is 0.604. The SMILES string of the molecule is N#CCN1Cc2ccccc2C[C@H]1C(N)=O. The zero-order chi connectivity index (χ0) is 11.5. The molecule has 0 fully saturated rings. The Morgan fingerprint density at radius 2 is 2.19 bits per heavy atom.